The summed E-state index contributed by atoms with van der Waals surface area (Å²) in [5, 5.41) is 0. The third kappa shape index (κ3) is 4.11. The number of aliphatic imine (C=N–C) groups is 1. The van der Waals surface area contributed by atoms with Crippen LogP contribution in [0.25, 0.3) is 0 Å². The van der Waals surface area contributed by atoms with E-state index in [0.717, 1.165) is 11.3 Å². The lowest BCUT2D eigenvalue weighted by atomic mass is 10.2. The Kier molecular flexibility index (Phi) is 5.02. The first-order valence-electron chi connectivity index (χ1n) is 5.06. The molecule has 1 rings (SSSR count). The quantitative estimate of drug-likeness (QED) is 0.607. The zero-order valence-corrected chi connectivity index (χ0v) is 9.39. The molecule has 84 valence electrons. The highest BCUT2D eigenvalue weighted by atomic mass is 16.5. The van der Waals surface area contributed by atoms with E-state index in [1.165, 1.54) is 0 Å². The molecular weight excluding hydrogens is 200 g/mol. The van der Waals surface area contributed by atoms with Gasteiger partial charge in [0.05, 0.1) is 6.21 Å². The average Bonchev–Trinajstić information content (AvgIpc) is 2.29. The predicted octanol–water partition coefficient (Wildman–Crippen LogP) is 2.64. The van der Waals surface area contributed by atoms with Gasteiger partial charge in [-0.1, -0.05) is 24.8 Å². The minimum Gasteiger partial charge on any atom is -0.456 e. The van der Waals surface area contributed by atoms with E-state index in [9.17, 15) is 0 Å². The van der Waals surface area contributed by atoms with Gasteiger partial charge in [0.25, 0.3) is 0 Å². The summed E-state index contributed by atoms with van der Waals surface area (Å²) in [6.45, 7) is 6.13. The molecule has 3 heteroatoms. The van der Waals surface area contributed by atoms with E-state index in [2.05, 4.69) is 11.6 Å². The summed E-state index contributed by atoms with van der Waals surface area (Å²) >= 11 is 0. The van der Waals surface area contributed by atoms with Crippen LogP contribution in [0.4, 0.5) is 0 Å². The third-order valence-electron chi connectivity index (χ3n) is 1.84. The number of hydrogen-bond acceptors (Lipinski definition) is 3. The molecule has 0 unspecified atom stereocenters. The van der Waals surface area contributed by atoms with Gasteiger partial charge in [-0.3, -0.25) is 4.99 Å². The van der Waals surface area contributed by atoms with Gasteiger partial charge in [-0.05, 0) is 24.6 Å². The van der Waals surface area contributed by atoms with E-state index < -0.39 is 0 Å². The number of allylic oxidation sites excluding steroid dienone is 2. The number of nitrogens with two attached hydrogens (primary N) is 1. The van der Waals surface area contributed by atoms with Crippen molar-refractivity contribution in [1.82, 2.24) is 0 Å². The smallest absolute Gasteiger partial charge is 0.138 e. The van der Waals surface area contributed by atoms with Crippen molar-refractivity contribution in [2.75, 3.05) is 0 Å². The van der Waals surface area contributed by atoms with Gasteiger partial charge < -0.3 is 10.5 Å². The van der Waals surface area contributed by atoms with Crippen LogP contribution in [0.3, 0.4) is 0 Å². The highest BCUT2D eigenvalue weighted by Crippen LogP contribution is 2.14. The highest BCUT2D eigenvalue weighted by Gasteiger charge is 1.96. The van der Waals surface area contributed by atoms with Crippen molar-refractivity contribution < 1.29 is 4.74 Å². The summed E-state index contributed by atoms with van der Waals surface area (Å²) in [5.74, 6) is 1.21. The number of nitrogens with zero attached hydrogens (tertiary/aromatic N) is 1. The Morgan fingerprint density at radius 3 is 3.06 bits per heavy atom. The zero-order chi connectivity index (χ0) is 11.8. The van der Waals surface area contributed by atoms with Crippen molar-refractivity contribution in [1.29, 1.82) is 0 Å². The minimum atomic E-state index is 0.493. The van der Waals surface area contributed by atoms with E-state index in [1.807, 2.05) is 37.3 Å². The first-order chi connectivity index (χ1) is 7.76. The summed E-state index contributed by atoms with van der Waals surface area (Å²) < 4.78 is 5.47. The van der Waals surface area contributed by atoms with Crippen LogP contribution in [0, 0.1) is 0 Å². The first-order valence-corrected chi connectivity index (χ1v) is 5.06. The molecule has 0 aromatic heterocycles. The lowest BCUT2D eigenvalue weighted by Crippen LogP contribution is -1.98. The molecule has 0 radical (unpaired) electrons. The molecule has 1 aromatic rings. The molecular formula is C13H16N2O. The summed E-state index contributed by atoms with van der Waals surface area (Å²) in [7, 11) is 0. The van der Waals surface area contributed by atoms with Crippen molar-refractivity contribution in [2.45, 2.75) is 13.5 Å². The second kappa shape index (κ2) is 6.58. The fraction of sp³-hybridized carbons (Fsp3) is 0.154. The van der Waals surface area contributed by atoms with Crippen LogP contribution >= 0.6 is 0 Å². The Labute approximate surface area is 96.0 Å². The average molecular weight is 216 g/mol. The molecule has 0 amide bonds. The number of benzene rings is 1. The van der Waals surface area contributed by atoms with Gasteiger partial charge in [-0.25, -0.2) is 0 Å². The summed E-state index contributed by atoms with van der Waals surface area (Å²) in [5.41, 5.74) is 6.56. The summed E-state index contributed by atoms with van der Waals surface area (Å²) in [6, 6.07) is 7.58. The maximum absolute atomic E-state index is 5.53. The molecule has 2 N–H and O–H groups in total. The Morgan fingerprint density at radius 2 is 2.38 bits per heavy atom. The van der Waals surface area contributed by atoms with E-state index in [1.54, 1.807) is 12.4 Å². The van der Waals surface area contributed by atoms with E-state index in [-0.39, 0.29) is 0 Å². The van der Waals surface area contributed by atoms with Crippen LogP contribution < -0.4 is 10.5 Å². The molecule has 1 aromatic carbocycles. The van der Waals surface area contributed by atoms with Gasteiger partial charge in [0, 0.05) is 12.7 Å². The molecule has 0 heterocycles. The first kappa shape index (κ1) is 12.2. The van der Waals surface area contributed by atoms with Crippen molar-refractivity contribution in [3.05, 3.63) is 54.4 Å². The van der Waals surface area contributed by atoms with Crippen LogP contribution in [-0.4, -0.2) is 6.21 Å². The fourth-order valence-electron chi connectivity index (χ4n) is 1.13. The fourth-order valence-corrected chi connectivity index (χ4v) is 1.13. The van der Waals surface area contributed by atoms with Crippen molar-refractivity contribution >= 4 is 6.21 Å². The van der Waals surface area contributed by atoms with Gasteiger partial charge in [0.2, 0.25) is 0 Å². The van der Waals surface area contributed by atoms with Crippen LogP contribution in [0.15, 0.2) is 53.9 Å². The van der Waals surface area contributed by atoms with Gasteiger partial charge in [-0.2, -0.15) is 0 Å². The van der Waals surface area contributed by atoms with Crippen molar-refractivity contribution in [2.24, 2.45) is 10.7 Å². The molecule has 0 fully saturated rings. The van der Waals surface area contributed by atoms with E-state index in [4.69, 9.17) is 10.5 Å². The molecule has 0 atom stereocenters. The monoisotopic (exact) mass is 216 g/mol. The lowest BCUT2D eigenvalue weighted by Gasteiger charge is -2.05. The number of rotatable bonds is 5. The molecule has 0 aliphatic rings. The molecule has 0 bridgehead atoms. The highest BCUT2D eigenvalue weighted by molar-refractivity contribution is 5.76. The molecule has 0 aliphatic carbocycles. The Hall–Kier alpha value is -1.87. The largest absolute Gasteiger partial charge is 0.456 e. The van der Waals surface area contributed by atoms with Crippen LogP contribution in [0.5, 0.6) is 5.75 Å². The second-order valence-corrected chi connectivity index (χ2v) is 3.18. The Bertz CT molecular complexity index is 408. The third-order valence-corrected chi connectivity index (χ3v) is 1.84. The molecule has 0 saturated heterocycles. The number of ether oxygens (including phenoxy) is 1. The maximum atomic E-state index is 5.53. The topological polar surface area (TPSA) is 47.6 Å². The second-order valence-electron chi connectivity index (χ2n) is 3.18. The van der Waals surface area contributed by atoms with Crippen LogP contribution in [0.1, 0.15) is 12.5 Å². The van der Waals surface area contributed by atoms with Gasteiger partial charge >= 0.3 is 0 Å². The molecule has 0 aliphatic heterocycles. The molecule has 16 heavy (non-hydrogen) atoms. The van der Waals surface area contributed by atoms with Gasteiger partial charge in [0.1, 0.15) is 11.5 Å². The summed E-state index contributed by atoms with van der Waals surface area (Å²) in [4.78, 5) is 3.97. The van der Waals surface area contributed by atoms with Crippen LogP contribution in [-0.2, 0) is 6.54 Å². The van der Waals surface area contributed by atoms with Crippen molar-refractivity contribution in [3.8, 4) is 5.75 Å². The number of hydrogen-bond donors (Lipinski definition) is 1. The van der Waals surface area contributed by atoms with E-state index in [0.29, 0.717) is 12.3 Å². The SMILES string of the molecule is C=C(C=N/C=C\C)Oc1cccc(CN)c1. The Balaban J connectivity index is 2.62. The normalized spacial score (nSPS) is 11.1. The molecule has 0 spiro atoms. The molecule has 3 nitrogen and oxygen atoms in total. The maximum Gasteiger partial charge on any atom is 0.138 e. The van der Waals surface area contributed by atoms with Gasteiger partial charge in [0.15, 0.2) is 0 Å². The lowest BCUT2D eigenvalue weighted by molar-refractivity contribution is 0.459. The van der Waals surface area contributed by atoms with Gasteiger partial charge in [-0.15, -0.1) is 0 Å². The van der Waals surface area contributed by atoms with Crippen LogP contribution in [0.2, 0.25) is 0 Å². The zero-order valence-electron chi connectivity index (χ0n) is 9.39. The summed E-state index contributed by atoms with van der Waals surface area (Å²) in [6.07, 6.45) is 5.07. The Morgan fingerprint density at radius 1 is 1.56 bits per heavy atom. The van der Waals surface area contributed by atoms with E-state index >= 15 is 0 Å². The van der Waals surface area contributed by atoms with Crippen molar-refractivity contribution in [3.63, 3.8) is 0 Å². The predicted molar refractivity (Wildman–Crippen MR) is 67.4 cm³/mol. The standard InChI is InChI=1S/C13H16N2O/c1-3-7-15-10-11(2)16-13-6-4-5-12(8-13)9-14/h3-8,10H,2,9,14H2,1H3/b7-3-,15-10?. The molecule has 0 saturated carbocycles. The minimum absolute atomic E-state index is 0.493.